The zero-order valence-electron chi connectivity index (χ0n) is 13.8. The summed E-state index contributed by atoms with van der Waals surface area (Å²) in [7, 11) is 0. The van der Waals surface area contributed by atoms with Gasteiger partial charge in [-0.05, 0) is 50.3 Å². The number of para-hydroxylation sites is 1. The maximum atomic E-state index is 13.6. The Hall–Kier alpha value is -2.41. The van der Waals surface area contributed by atoms with Crippen LogP contribution < -0.4 is 15.8 Å². The first-order valence-corrected chi connectivity index (χ1v) is 8.95. The zero-order chi connectivity index (χ0) is 18.0. The van der Waals surface area contributed by atoms with Crippen molar-refractivity contribution < 1.29 is 18.7 Å². The Morgan fingerprint density at radius 1 is 1.28 bits per heavy atom. The van der Waals surface area contributed by atoms with Crippen molar-refractivity contribution in [3.8, 4) is 5.75 Å². The molecule has 7 heteroatoms. The SMILES string of the molecule is C[C@H](Oc1ccccc1F)C(=O)Nc1sc2c(c1C(N)=O)CCCC2. The first-order valence-electron chi connectivity index (χ1n) is 8.13. The Labute approximate surface area is 149 Å². The van der Waals surface area contributed by atoms with E-state index in [0.717, 1.165) is 36.1 Å². The third-order valence-corrected chi connectivity index (χ3v) is 5.37. The predicted octanol–water partition coefficient (Wildman–Crippen LogP) is 3.27. The van der Waals surface area contributed by atoms with E-state index >= 15 is 0 Å². The lowest BCUT2D eigenvalue weighted by Gasteiger charge is -2.15. The summed E-state index contributed by atoms with van der Waals surface area (Å²) in [6, 6.07) is 5.89. The van der Waals surface area contributed by atoms with Gasteiger partial charge in [-0.25, -0.2) is 4.39 Å². The minimum absolute atomic E-state index is 0.00532. The lowest BCUT2D eigenvalue weighted by atomic mass is 9.95. The molecule has 1 heterocycles. The number of anilines is 1. The molecule has 3 N–H and O–H groups in total. The van der Waals surface area contributed by atoms with Gasteiger partial charge in [0.1, 0.15) is 5.00 Å². The minimum atomic E-state index is -0.920. The normalized spacial score (nSPS) is 14.5. The molecule has 5 nitrogen and oxygen atoms in total. The van der Waals surface area contributed by atoms with Crippen LogP contribution in [0.1, 0.15) is 40.6 Å². The summed E-state index contributed by atoms with van der Waals surface area (Å²) < 4.78 is 19.0. The van der Waals surface area contributed by atoms with Gasteiger partial charge in [0, 0.05) is 4.88 Å². The minimum Gasteiger partial charge on any atom is -0.478 e. The molecule has 1 aromatic heterocycles. The highest BCUT2D eigenvalue weighted by atomic mass is 32.1. The topological polar surface area (TPSA) is 81.4 Å². The van der Waals surface area contributed by atoms with Crippen LogP contribution in [0.3, 0.4) is 0 Å². The fraction of sp³-hybridized carbons (Fsp3) is 0.333. The van der Waals surface area contributed by atoms with Gasteiger partial charge in [0.05, 0.1) is 5.56 Å². The first-order chi connectivity index (χ1) is 12.0. The molecule has 2 aromatic rings. The van der Waals surface area contributed by atoms with Crippen molar-refractivity contribution in [3.05, 3.63) is 46.1 Å². The number of hydrogen-bond donors (Lipinski definition) is 2. The van der Waals surface area contributed by atoms with E-state index in [1.54, 1.807) is 12.1 Å². The Kier molecular flexibility index (Phi) is 5.03. The van der Waals surface area contributed by atoms with Gasteiger partial charge in [0.25, 0.3) is 11.8 Å². The predicted molar refractivity (Wildman–Crippen MR) is 94.6 cm³/mol. The van der Waals surface area contributed by atoms with E-state index in [1.807, 2.05) is 0 Å². The number of aryl methyl sites for hydroxylation is 1. The largest absolute Gasteiger partial charge is 0.478 e. The number of thiophene rings is 1. The third kappa shape index (κ3) is 3.66. The fourth-order valence-electron chi connectivity index (χ4n) is 2.91. The average molecular weight is 362 g/mol. The van der Waals surface area contributed by atoms with Gasteiger partial charge in [-0.1, -0.05) is 12.1 Å². The van der Waals surface area contributed by atoms with E-state index in [4.69, 9.17) is 10.5 Å². The quantitative estimate of drug-likeness (QED) is 0.856. The summed E-state index contributed by atoms with van der Waals surface area (Å²) in [4.78, 5) is 25.3. The average Bonchev–Trinajstić information content (AvgIpc) is 2.94. The number of carbonyl (C=O) groups is 2. The molecule has 1 aliphatic rings. The molecule has 0 unspecified atom stereocenters. The van der Waals surface area contributed by atoms with Crippen molar-refractivity contribution >= 4 is 28.2 Å². The monoisotopic (exact) mass is 362 g/mol. The number of carbonyl (C=O) groups excluding carboxylic acids is 2. The van der Waals surface area contributed by atoms with Crippen molar-refractivity contribution in [1.82, 2.24) is 0 Å². The molecule has 25 heavy (non-hydrogen) atoms. The number of amides is 2. The molecule has 1 atom stereocenters. The van der Waals surface area contributed by atoms with Gasteiger partial charge >= 0.3 is 0 Å². The number of primary amides is 1. The molecule has 132 valence electrons. The van der Waals surface area contributed by atoms with Crippen LogP contribution in [-0.2, 0) is 17.6 Å². The maximum Gasteiger partial charge on any atom is 0.265 e. The fourth-order valence-corrected chi connectivity index (χ4v) is 4.21. The van der Waals surface area contributed by atoms with Crippen molar-refractivity contribution in [3.63, 3.8) is 0 Å². The van der Waals surface area contributed by atoms with E-state index in [-0.39, 0.29) is 5.75 Å². The molecule has 1 aromatic carbocycles. The molecule has 2 amide bonds. The zero-order valence-corrected chi connectivity index (χ0v) is 14.6. The van der Waals surface area contributed by atoms with Crippen LogP contribution in [0.15, 0.2) is 24.3 Å². The van der Waals surface area contributed by atoms with Gasteiger partial charge in [0.15, 0.2) is 17.7 Å². The van der Waals surface area contributed by atoms with Crippen LogP contribution in [-0.4, -0.2) is 17.9 Å². The molecule has 0 radical (unpaired) electrons. The van der Waals surface area contributed by atoms with Crippen molar-refractivity contribution in [2.75, 3.05) is 5.32 Å². The van der Waals surface area contributed by atoms with E-state index < -0.39 is 23.7 Å². The summed E-state index contributed by atoms with van der Waals surface area (Å²) in [5.41, 5.74) is 6.85. The maximum absolute atomic E-state index is 13.6. The van der Waals surface area contributed by atoms with Crippen LogP contribution in [0.25, 0.3) is 0 Å². The van der Waals surface area contributed by atoms with Crippen LogP contribution in [0.4, 0.5) is 9.39 Å². The number of hydrogen-bond acceptors (Lipinski definition) is 4. The van der Waals surface area contributed by atoms with Crippen LogP contribution >= 0.6 is 11.3 Å². The molecule has 1 aliphatic carbocycles. The molecular weight excluding hydrogens is 343 g/mol. The summed E-state index contributed by atoms with van der Waals surface area (Å²) in [6.07, 6.45) is 2.83. The number of rotatable bonds is 5. The number of ether oxygens (including phenoxy) is 1. The lowest BCUT2D eigenvalue weighted by Crippen LogP contribution is -2.31. The van der Waals surface area contributed by atoms with Crippen molar-refractivity contribution in [2.24, 2.45) is 5.73 Å². The second-order valence-electron chi connectivity index (χ2n) is 5.96. The van der Waals surface area contributed by atoms with E-state index in [2.05, 4.69) is 5.32 Å². The van der Waals surface area contributed by atoms with E-state index in [9.17, 15) is 14.0 Å². The van der Waals surface area contributed by atoms with Gasteiger partial charge in [0.2, 0.25) is 0 Å². The van der Waals surface area contributed by atoms with E-state index in [0.29, 0.717) is 10.6 Å². The summed E-state index contributed by atoms with van der Waals surface area (Å²) in [6.45, 7) is 1.53. The molecule has 0 saturated carbocycles. The lowest BCUT2D eigenvalue weighted by molar-refractivity contribution is -0.122. The number of nitrogens with two attached hydrogens (primary N) is 1. The number of nitrogens with one attached hydrogen (secondary N) is 1. The number of halogens is 1. The van der Waals surface area contributed by atoms with Gasteiger partial charge in [-0.15, -0.1) is 11.3 Å². The third-order valence-electron chi connectivity index (χ3n) is 4.16. The van der Waals surface area contributed by atoms with Gasteiger partial charge in [-0.2, -0.15) is 0 Å². The number of fused-ring (bicyclic) bond motifs is 1. The number of benzene rings is 1. The summed E-state index contributed by atoms with van der Waals surface area (Å²) in [5, 5.41) is 3.17. The molecule has 0 aliphatic heterocycles. The van der Waals surface area contributed by atoms with Crippen LogP contribution in [0.2, 0.25) is 0 Å². The van der Waals surface area contributed by atoms with E-state index in [1.165, 1.54) is 30.4 Å². The smallest absolute Gasteiger partial charge is 0.265 e. The van der Waals surface area contributed by atoms with Crippen molar-refractivity contribution in [2.45, 2.75) is 38.7 Å². The Morgan fingerprint density at radius 2 is 2.00 bits per heavy atom. The van der Waals surface area contributed by atoms with Gasteiger partial charge in [-0.3, -0.25) is 9.59 Å². The highest BCUT2D eigenvalue weighted by molar-refractivity contribution is 7.17. The Balaban J connectivity index is 1.77. The van der Waals surface area contributed by atoms with Crippen LogP contribution in [0.5, 0.6) is 5.75 Å². The van der Waals surface area contributed by atoms with Gasteiger partial charge < -0.3 is 15.8 Å². The molecule has 0 spiro atoms. The highest BCUT2D eigenvalue weighted by Crippen LogP contribution is 2.38. The first kappa shape index (κ1) is 17.4. The van der Waals surface area contributed by atoms with Crippen molar-refractivity contribution in [1.29, 1.82) is 0 Å². The highest BCUT2D eigenvalue weighted by Gasteiger charge is 2.26. The molecule has 0 saturated heterocycles. The van der Waals surface area contributed by atoms with Crippen LogP contribution in [0, 0.1) is 5.82 Å². The standard InChI is InChI=1S/C18H19FN2O3S/c1-10(24-13-8-4-3-7-12(13)19)17(23)21-18-15(16(20)22)11-6-2-5-9-14(11)25-18/h3-4,7-8,10H,2,5-6,9H2,1H3,(H2,20,22)(H,21,23)/t10-/m0/s1. The molecular formula is C18H19FN2O3S. The second-order valence-corrected chi connectivity index (χ2v) is 7.06. The molecule has 0 fully saturated rings. The Bertz CT molecular complexity index is 819. The molecule has 0 bridgehead atoms. The summed E-state index contributed by atoms with van der Waals surface area (Å²) >= 11 is 1.38. The summed E-state index contributed by atoms with van der Waals surface area (Å²) in [5.74, 6) is -1.53. The molecule has 3 rings (SSSR count). The Morgan fingerprint density at radius 3 is 2.72 bits per heavy atom. The second kappa shape index (κ2) is 7.23.